The monoisotopic (exact) mass is 383 g/mol. The fourth-order valence-electron chi connectivity index (χ4n) is 2.92. The Morgan fingerprint density at radius 3 is 2.81 bits per heavy atom. The molecule has 0 aliphatic carbocycles. The molecule has 26 heavy (non-hydrogen) atoms. The minimum atomic E-state index is 0.112. The van der Waals surface area contributed by atoms with Gasteiger partial charge in [-0.05, 0) is 42.3 Å². The summed E-state index contributed by atoms with van der Waals surface area (Å²) >= 11 is 2.94. The third kappa shape index (κ3) is 3.45. The van der Waals surface area contributed by atoms with Crippen LogP contribution in [0.2, 0.25) is 0 Å². The van der Waals surface area contributed by atoms with E-state index < -0.39 is 0 Å². The number of carbonyl (C=O) groups is 1. The highest BCUT2D eigenvalue weighted by Gasteiger charge is 2.24. The number of hydrogen-bond donors (Lipinski definition) is 0. The molecule has 1 aromatic heterocycles. The molecular formula is C19H17N3O2S2. The van der Waals surface area contributed by atoms with Gasteiger partial charge in [-0.2, -0.15) is 0 Å². The summed E-state index contributed by atoms with van der Waals surface area (Å²) in [5.41, 5.74) is 3.27. The molecule has 0 fully saturated rings. The molecule has 0 unspecified atom stereocenters. The van der Waals surface area contributed by atoms with E-state index in [1.54, 1.807) is 7.11 Å². The van der Waals surface area contributed by atoms with E-state index in [2.05, 4.69) is 16.3 Å². The van der Waals surface area contributed by atoms with Crippen molar-refractivity contribution >= 4 is 34.7 Å². The minimum absolute atomic E-state index is 0.112. The van der Waals surface area contributed by atoms with Gasteiger partial charge in [0.1, 0.15) is 10.8 Å². The third-order valence-electron chi connectivity index (χ3n) is 4.25. The first-order chi connectivity index (χ1) is 12.7. The second-order valence-corrected chi connectivity index (χ2v) is 8.01. The number of ether oxygens (including phenoxy) is 1. The van der Waals surface area contributed by atoms with E-state index in [9.17, 15) is 4.79 Å². The molecule has 2 aromatic carbocycles. The number of aromatic nitrogens is 2. The van der Waals surface area contributed by atoms with E-state index >= 15 is 0 Å². The Balaban J connectivity index is 1.39. The van der Waals surface area contributed by atoms with Crippen LogP contribution < -0.4 is 9.64 Å². The Labute approximate surface area is 160 Å². The van der Waals surface area contributed by atoms with Gasteiger partial charge in [0, 0.05) is 17.8 Å². The van der Waals surface area contributed by atoms with E-state index in [-0.39, 0.29) is 5.91 Å². The minimum Gasteiger partial charge on any atom is -0.497 e. The van der Waals surface area contributed by atoms with Gasteiger partial charge in [-0.1, -0.05) is 41.3 Å². The highest BCUT2D eigenvalue weighted by atomic mass is 32.2. The second kappa shape index (κ2) is 7.47. The van der Waals surface area contributed by atoms with Crippen molar-refractivity contribution < 1.29 is 9.53 Å². The maximum Gasteiger partial charge on any atom is 0.237 e. The number of methoxy groups -OCH3 is 1. The van der Waals surface area contributed by atoms with Gasteiger partial charge in [0.05, 0.1) is 12.9 Å². The Kier molecular flexibility index (Phi) is 4.90. The molecule has 0 saturated heterocycles. The summed E-state index contributed by atoms with van der Waals surface area (Å²) in [6.07, 6.45) is 0.924. The average Bonchev–Trinajstić information content (AvgIpc) is 3.33. The SMILES string of the molecule is COc1ccc(-c2nnc(SCC(=O)N3CCc4ccccc43)s2)cc1. The number of rotatable bonds is 5. The van der Waals surface area contributed by atoms with E-state index in [4.69, 9.17) is 4.74 Å². The molecule has 2 heterocycles. The van der Waals surface area contributed by atoms with Gasteiger partial charge in [-0.15, -0.1) is 10.2 Å². The van der Waals surface area contributed by atoms with Gasteiger partial charge >= 0.3 is 0 Å². The van der Waals surface area contributed by atoms with Crippen molar-refractivity contribution in [2.75, 3.05) is 24.3 Å². The fraction of sp³-hybridized carbons (Fsp3) is 0.211. The molecule has 0 bridgehead atoms. The molecular weight excluding hydrogens is 366 g/mol. The number of nitrogens with zero attached hydrogens (tertiary/aromatic N) is 3. The zero-order valence-corrected chi connectivity index (χ0v) is 15.8. The zero-order valence-electron chi connectivity index (χ0n) is 14.2. The van der Waals surface area contributed by atoms with Crippen LogP contribution in [0.5, 0.6) is 5.75 Å². The Morgan fingerprint density at radius 2 is 2.00 bits per heavy atom. The molecule has 0 saturated carbocycles. The number of benzene rings is 2. The average molecular weight is 383 g/mol. The first kappa shape index (κ1) is 17.1. The van der Waals surface area contributed by atoms with Crippen LogP contribution in [0.1, 0.15) is 5.56 Å². The smallest absolute Gasteiger partial charge is 0.237 e. The number of para-hydroxylation sites is 1. The van der Waals surface area contributed by atoms with Gasteiger partial charge < -0.3 is 9.64 Å². The molecule has 1 aliphatic heterocycles. The molecule has 1 amide bonds. The van der Waals surface area contributed by atoms with Crippen LogP contribution in [0.15, 0.2) is 52.9 Å². The highest BCUT2D eigenvalue weighted by Crippen LogP contribution is 2.32. The quantitative estimate of drug-likeness (QED) is 0.626. The number of amides is 1. The van der Waals surface area contributed by atoms with E-state index in [1.807, 2.05) is 47.4 Å². The van der Waals surface area contributed by atoms with Crippen LogP contribution in [0, 0.1) is 0 Å². The summed E-state index contributed by atoms with van der Waals surface area (Å²) in [5, 5.41) is 9.28. The second-order valence-electron chi connectivity index (χ2n) is 5.81. The summed E-state index contributed by atoms with van der Waals surface area (Å²) in [6, 6.07) is 15.8. The van der Waals surface area contributed by atoms with Crippen LogP contribution in [-0.4, -0.2) is 35.5 Å². The van der Waals surface area contributed by atoms with Gasteiger partial charge in [-0.3, -0.25) is 4.79 Å². The fourth-order valence-corrected chi connectivity index (χ4v) is 4.65. The van der Waals surface area contributed by atoms with Crippen molar-refractivity contribution in [2.45, 2.75) is 10.8 Å². The summed E-state index contributed by atoms with van der Waals surface area (Å²) < 4.78 is 5.97. The molecule has 132 valence electrons. The summed E-state index contributed by atoms with van der Waals surface area (Å²) in [5.74, 6) is 1.29. The molecule has 0 spiro atoms. The normalized spacial score (nSPS) is 12.9. The van der Waals surface area contributed by atoms with Crippen LogP contribution in [0.25, 0.3) is 10.6 Å². The molecule has 0 atom stereocenters. The van der Waals surface area contributed by atoms with Crippen molar-refractivity contribution in [1.29, 1.82) is 0 Å². The molecule has 4 rings (SSSR count). The summed E-state index contributed by atoms with van der Waals surface area (Å²) in [4.78, 5) is 14.4. The van der Waals surface area contributed by atoms with E-state index in [1.165, 1.54) is 28.7 Å². The predicted molar refractivity (Wildman–Crippen MR) is 105 cm³/mol. The predicted octanol–water partition coefficient (Wildman–Crippen LogP) is 3.90. The first-order valence-corrected chi connectivity index (χ1v) is 10.0. The number of carbonyl (C=O) groups excluding carboxylic acids is 1. The van der Waals surface area contributed by atoms with Gasteiger partial charge in [-0.25, -0.2) is 0 Å². The topological polar surface area (TPSA) is 55.3 Å². The Morgan fingerprint density at radius 1 is 1.19 bits per heavy atom. The lowest BCUT2D eigenvalue weighted by atomic mass is 10.2. The van der Waals surface area contributed by atoms with Crippen LogP contribution in [-0.2, 0) is 11.2 Å². The third-order valence-corrected chi connectivity index (χ3v) is 6.34. The maximum atomic E-state index is 12.6. The number of hydrogen-bond acceptors (Lipinski definition) is 6. The van der Waals surface area contributed by atoms with Crippen molar-refractivity contribution in [2.24, 2.45) is 0 Å². The van der Waals surface area contributed by atoms with Crippen LogP contribution in [0.4, 0.5) is 5.69 Å². The first-order valence-electron chi connectivity index (χ1n) is 8.23. The van der Waals surface area contributed by atoms with Crippen molar-refractivity contribution in [1.82, 2.24) is 10.2 Å². The van der Waals surface area contributed by atoms with Gasteiger partial charge in [0.15, 0.2) is 4.34 Å². The van der Waals surface area contributed by atoms with Gasteiger partial charge in [0.2, 0.25) is 5.91 Å². The summed E-state index contributed by atoms with van der Waals surface area (Å²) in [6.45, 7) is 0.756. The number of fused-ring (bicyclic) bond motifs is 1. The van der Waals surface area contributed by atoms with Crippen LogP contribution in [0.3, 0.4) is 0 Å². The largest absolute Gasteiger partial charge is 0.497 e. The molecule has 0 N–H and O–H groups in total. The lowest BCUT2D eigenvalue weighted by molar-refractivity contribution is -0.116. The molecule has 3 aromatic rings. The number of thioether (sulfide) groups is 1. The lowest BCUT2D eigenvalue weighted by Crippen LogP contribution is -2.30. The molecule has 5 nitrogen and oxygen atoms in total. The summed E-state index contributed by atoms with van der Waals surface area (Å²) in [7, 11) is 1.64. The highest BCUT2D eigenvalue weighted by molar-refractivity contribution is 8.01. The Bertz CT molecular complexity index is 925. The maximum absolute atomic E-state index is 12.6. The van der Waals surface area contributed by atoms with Crippen molar-refractivity contribution in [3.05, 3.63) is 54.1 Å². The number of anilines is 1. The van der Waals surface area contributed by atoms with Crippen molar-refractivity contribution in [3.8, 4) is 16.3 Å². The molecule has 1 aliphatic rings. The standard InChI is InChI=1S/C19H17N3O2S2/c1-24-15-8-6-14(7-9-15)18-20-21-19(26-18)25-12-17(23)22-11-10-13-4-2-3-5-16(13)22/h2-9H,10-12H2,1H3. The molecule has 7 heteroatoms. The van der Waals surface area contributed by atoms with Crippen LogP contribution >= 0.6 is 23.1 Å². The van der Waals surface area contributed by atoms with Crippen molar-refractivity contribution in [3.63, 3.8) is 0 Å². The van der Waals surface area contributed by atoms with Gasteiger partial charge in [0.25, 0.3) is 0 Å². The molecule has 0 radical (unpaired) electrons. The zero-order chi connectivity index (χ0) is 17.9. The van der Waals surface area contributed by atoms with E-state index in [0.717, 1.165) is 39.3 Å². The lowest BCUT2D eigenvalue weighted by Gasteiger charge is -2.16. The van der Waals surface area contributed by atoms with E-state index in [0.29, 0.717) is 5.75 Å². The Hall–Kier alpha value is -2.38.